The zero-order chi connectivity index (χ0) is 9.97. The van der Waals surface area contributed by atoms with Gasteiger partial charge in [-0.25, -0.2) is 0 Å². The standard InChI is InChI=1S/C12H17NO/c1-9-3-2-4-10(7-9)12-11(8-14)5-6-13-12/h2-4,7,11-14H,5-6,8H2,1H3. The van der Waals surface area contributed by atoms with E-state index < -0.39 is 0 Å². The summed E-state index contributed by atoms with van der Waals surface area (Å²) in [6.07, 6.45) is 1.08. The van der Waals surface area contributed by atoms with Crippen LogP contribution in [0.3, 0.4) is 0 Å². The summed E-state index contributed by atoms with van der Waals surface area (Å²) in [6.45, 7) is 3.40. The van der Waals surface area contributed by atoms with Crippen LogP contribution in [0.1, 0.15) is 23.6 Å². The van der Waals surface area contributed by atoms with E-state index in [0.29, 0.717) is 12.0 Å². The van der Waals surface area contributed by atoms with Crippen LogP contribution in [0.4, 0.5) is 0 Å². The molecule has 1 heterocycles. The molecule has 1 aromatic carbocycles. The molecular weight excluding hydrogens is 174 g/mol. The average Bonchev–Trinajstić information content (AvgIpc) is 2.65. The molecule has 0 aromatic heterocycles. The van der Waals surface area contributed by atoms with Crippen LogP contribution in [0.25, 0.3) is 0 Å². The number of aryl methyl sites for hydroxylation is 1. The summed E-state index contributed by atoms with van der Waals surface area (Å²) in [7, 11) is 0. The Labute approximate surface area is 85.0 Å². The van der Waals surface area contributed by atoms with Gasteiger partial charge in [0.2, 0.25) is 0 Å². The molecule has 1 saturated heterocycles. The lowest BCUT2D eigenvalue weighted by molar-refractivity contribution is 0.214. The van der Waals surface area contributed by atoms with Gasteiger partial charge in [0, 0.05) is 18.6 Å². The molecule has 2 N–H and O–H groups in total. The van der Waals surface area contributed by atoms with E-state index in [1.165, 1.54) is 11.1 Å². The first-order valence-electron chi connectivity index (χ1n) is 5.22. The molecule has 1 aliphatic heterocycles. The minimum Gasteiger partial charge on any atom is -0.396 e. The quantitative estimate of drug-likeness (QED) is 0.744. The van der Waals surface area contributed by atoms with Crippen molar-refractivity contribution in [1.29, 1.82) is 0 Å². The Morgan fingerprint density at radius 3 is 3.07 bits per heavy atom. The van der Waals surface area contributed by atoms with Crippen molar-refractivity contribution in [2.24, 2.45) is 5.92 Å². The molecule has 0 aliphatic carbocycles. The SMILES string of the molecule is Cc1cccc(C2NCCC2CO)c1. The van der Waals surface area contributed by atoms with E-state index in [-0.39, 0.29) is 6.61 Å². The molecule has 2 nitrogen and oxygen atoms in total. The van der Waals surface area contributed by atoms with Crippen molar-refractivity contribution >= 4 is 0 Å². The molecule has 0 radical (unpaired) electrons. The molecule has 2 unspecified atom stereocenters. The Hall–Kier alpha value is -0.860. The first kappa shape index (κ1) is 9.69. The van der Waals surface area contributed by atoms with Gasteiger partial charge in [-0.15, -0.1) is 0 Å². The van der Waals surface area contributed by atoms with Crippen LogP contribution < -0.4 is 5.32 Å². The van der Waals surface area contributed by atoms with Gasteiger partial charge in [0.05, 0.1) is 0 Å². The Morgan fingerprint density at radius 2 is 2.36 bits per heavy atom. The molecule has 0 spiro atoms. The van der Waals surface area contributed by atoms with Gasteiger partial charge >= 0.3 is 0 Å². The van der Waals surface area contributed by atoms with E-state index in [0.717, 1.165) is 13.0 Å². The second kappa shape index (κ2) is 4.11. The van der Waals surface area contributed by atoms with Crippen LogP contribution in [-0.2, 0) is 0 Å². The average molecular weight is 191 g/mol. The highest BCUT2D eigenvalue weighted by atomic mass is 16.3. The molecule has 1 fully saturated rings. The first-order chi connectivity index (χ1) is 6.81. The number of rotatable bonds is 2. The monoisotopic (exact) mass is 191 g/mol. The molecule has 2 rings (SSSR count). The molecule has 1 aliphatic rings. The maximum atomic E-state index is 9.23. The summed E-state index contributed by atoms with van der Waals surface area (Å²) < 4.78 is 0. The fourth-order valence-electron chi connectivity index (χ4n) is 2.21. The fourth-order valence-corrected chi connectivity index (χ4v) is 2.21. The molecule has 0 bridgehead atoms. The zero-order valence-electron chi connectivity index (χ0n) is 8.53. The van der Waals surface area contributed by atoms with Gasteiger partial charge in [0.15, 0.2) is 0 Å². The lowest BCUT2D eigenvalue weighted by atomic mass is 9.94. The molecule has 1 aromatic rings. The van der Waals surface area contributed by atoms with Crippen LogP contribution in [0.2, 0.25) is 0 Å². The van der Waals surface area contributed by atoms with Crippen molar-refractivity contribution < 1.29 is 5.11 Å². The van der Waals surface area contributed by atoms with Crippen LogP contribution in [-0.4, -0.2) is 18.3 Å². The highest BCUT2D eigenvalue weighted by Gasteiger charge is 2.27. The number of nitrogens with one attached hydrogen (secondary N) is 1. The van der Waals surface area contributed by atoms with Gasteiger partial charge in [-0.1, -0.05) is 29.8 Å². The maximum Gasteiger partial charge on any atom is 0.0477 e. The van der Waals surface area contributed by atoms with E-state index in [9.17, 15) is 5.11 Å². The topological polar surface area (TPSA) is 32.3 Å². The van der Waals surface area contributed by atoms with Crippen molar-refractivity contribution in [2.45, 2.75) is 19.4 Å². The van der Waals surface area contributed by atoms with Crippen molar-refractivity contribution in [3.63, 3.8) is 0 Å². The second-order valence-corrected chi connectivity index (χ2v) is 4.08. The van der Waals surface area contributed by atoms with E-state index in [1.54, 1.807) is 0 Å². The lowest BCUT2D eigenvalue weighted by Gasteiger charge is -2.18. The van der Waals surface area contributed by atoms with Crippen LogP contribution in [0.5, 0.6) is 0 Å². The van der Waals surface area contributed by atoms with Crippen molar-refractivity contribution in [2.75, 3.05) is 13.2 Å². The number of hydrogen-bond donors (Lipinski definition) is 2. The summed E-state index contributed by atoms with van der Waals surface area (Å²) >= 11 is 0. The Bertz CT molecular complexity index is 311. The predicted octanol–water partition coefficient (Wildman–Crippen LogP) is 1.64. The third kappa shape index (κ3) is 1.81. The second-order valence-electron chi connectivity index (χ2n) is 4.08. The molecule has 0 amide bonds. The molecule has 0 saturated carbocycles. The normalized spacial score (nSPS) is 26.7. The smallest absolute Gasteiger partial charge is 0.0477 e. The summed E-state index contributed by atoms with van der Waals surface area (Å²) in [5, 5.41) is 12.7. The summed E-state index contributed by atoms with van der Waals surface area (Å²) in [5.74, 6) is 0.386. The number of hydrogen-bond acceptors (Lipinski definition) is 2. The summed E-state index contributed by atoms with van der Waals surface area (Å²) in [5.41, 5.74) is 2.59. The molecule has 2 heteroatoms. The highest BCUT2D eigenvalue weighted by Crippen LogP contribution is 2.29. The van der Waals surface area contributed by atoms with Crippen LogP contribution in [0, 0.1) is 12.8 Å². The lowest BCUT2D eigenvalue weighted by Crippen LogP contribution is -2.19. The van der Waals surface area contributed by atoms with Crippen molar-refractivity contribution in [3.05, 3.63) is 35.4 Å². The number of aliphatic hydroxyl groups is 1. The number of aliphatic hydroxyl groups excluding tert-OH is 1. The van der Waals surface area contributed by atoms with Crippen molar-refractivity contribution in [1.82, 2.24) is 5.32 Å². The molecule has 14 heavy (non-hydrogen) atoms. The molecule has 76 valence electrons. The van der Waals surface area contributed by atoms with Gasteiger partial charge in [-0.3, -0.25) is 0 Å². The third-order valence-electron chi connectivity index (χ3n) is 2.99. The highest BCUT2D eigenvalue weighted by molar-refractivity contribution is 5.26. The Kier molecular flexibility index (Phi) is 2.85. The third-order valence-corrected chi connectivity index (χ3v) is 2.99. The van der Waals surface area contributed by atoms with Gasteiger partial charge < -0.3 is 10.4 Å². The Balaban J connectivity index is 2.21. The van der Waals surface area contributed by atoms with Gasteiger partial charge in [0.25, 0.3) is 0 Å². The minimum atomic E-state index is 0.283. The minimum absolute atomic E-state index is 0.283. The predicted molar refractivity (Wildman–Crippen MR) is 57.1 cm³/mol. The Morgan fingerprint density at radius 1 is 1.50 bits per heavy atom. The van der Waals surface area contributed by atoms with Crippen molar-refractivity contribution in [3.8, 4) is 0 Å². The summed E-state index contributed by atoms with van der Waals surface area (Å²) in [4.78, 5) is 0. The first-order valence-corrected chi connectivity index (χ1v) is 5.22. The van der Waals surface area contributed by atoms with E-state index >= 15 is 0 Å². The van der Waals surface area contributed by atoms with Gasteiger partial charge in [-0.2, -0.15) is 0 Å². The van der Waals surface area contributed by atoms with Crippen LogP contribution >= 0.6 is 0 Å². The molecule has 2 atom stereocenters. The van der Waals surface area contributed by atoms with Crippen LogP contribution in [0.15, 0.2) is 24.3 Å². The molecular formula is C12H17NO. The summed E-state index contributed by atoms with van der Waals surface area (Å²) in [6, 6.07) is 8.87. The van der Waals surface area contributed by atoms with E-state index in [2.05, 4.69) is 36.5 Å². The number of benzene rings is 1. The largest absolute Gasteiger partial charge is 0.396 e. The van der Waals surface area contributed by atoms with E-state index in [4.69, 9.17) is 0 Å². The van der Waals surface area contributed by atoms with E-state index in [1.807, 2.05) is 0 Å². The zero-order valence-corrected chi connectivity index (χ0v) is 8.53. The van der Waals surface area contributed by atoms with Gasteiger partial charge in [0.1, 0.15) is 0 Å². The van der Waals surface area contributed by atoms with Gasteiger partial charge in [-0.05, 0) is 25.5 Å². The maximum absolute atomic E-state index is 9.23. The fraction of sp³-hybridized carbons (Fsp3) is 0.500.